The smallest absolute Gasteiger partial charge is 0.340 e. The van der Waals surface area contributed by atoms with Gasteiger partial charge >= 0.3 is 6.18 Å². The third-order valence-corrected chi connectivity index (χ3v) is 5.97. The molecule has 0 radical (unpaired) electrons. The van der Waals surface area contributed by atoms with Gasteiger partial charge in [0.2, 0.25) is 0 Å². The maximum Gasteiger partial charge on any atom is 0.416 e. The van der Waals surface area contributed by atoms with Crippen LogP contribution in [-0.2, 0) is 25.7 Å². The highest BCUT2D eigenvalue weighted by Gasteiger charge is 2.46. The summed E-state index contributed by atoms with van der Waals surface area (Å²) in [5, 5.41) is 0. The number of carbonyl (C=O) groups excluding carboxylic acids is 1. The molecule has 2 aromatic rings. The van der Waals surface area contributed by atoms with Crippen molar-refractivity contribution >= 4 is 15.9 Å². The first-order valence-electron chi connectivity index (χ1n) is 7.99. The minimum atomic E-state index is -4.52. The summed E-state index contributed by atoms with van der Waals surface area (Å²) in [6.07, 6.45) is -6.90. The zero-order valence-corrected chi connectivity index (χ0v) is 15.2. The third-order valence-electron chi connectivity index (χ3n) is 4.21. The van der Waals surface area contributed by atoms with Crippen LogP contribution in [0.15, 0.2) is 53.4 Å². The number of hydrogen-bond donors (Lipinski definition) is 0. The first kappa shape index (κ1) is 19.4. The minimum absolute atomic E-state index is 0.101. The molecule has 1 aliphatic heterocycles. The summed E-state index contributed by atoms with van der Waals surface area (Å²) in [6, 6.07) is 9.77. The topological polar surface area (TPSA) is 63.7 Å². The molecule has 1 heterocycles. The molecular formula is C18H16F3NO4S. The van der Waals surface area contributed by atoms with Crippen molar-refractivity contribution in [1.29, 1.82) is 0 Å². The summed E-state index contributed by atoms with van der Waals surface area (Å²) in [6.45, 7) is 3.18. The summed E-state index contributed by atoms with van der Waals surface area (Å²) < 4.78 is 70.2. The van der Waals surface area contributed by atoms with Crippen molar-refractivity contribution in [3.8, 4) is 0 Å². The van der Waals surface area contributed by atoms with Crippen LogP contribution in [0.3, 0.4) is 0 Å². The van der Waals surface area contributed by atoms with Gasteiger partial charge in [-0.25, -0.2) is 12.7 Å². The molecule has 0 unspecified atom stereocenters. The lowest BCUT2D eigenvalue weighted by Crippen LogP contribution is -2.36. The monoisotopic (exact) mass is 399 g/mol. The van der Waals surface area contributed by atoms with Crippen LogP contribution in [0.4, 0.5) is 13.2 Å². The van der Waals surface area contributed by atoms with Crippen LogP contribution in [0, 0.1) is 6.92 Å². The van der Waals surface area contributed by atoms with Crippen molar-refractivity contribution in [2.45, 2.75) is 37.3 Å². The average molecular weight is 399 g/mol. The molecule has 0 aromatic heterocycles. The molecule has 0 saturated carbocycles. The van der Waals surface area contributed by atoms with Gasteiger partial charge in [-0.3, -0.25) is 4.79 Å². The van der Waals surface area contributed by atoms with Crippen LogP contribution in [0.25, 0.3) is 0 Å². The molecule has 0 spiro atoms. The van der Waals surface area contributed by atoms with E-state index in [4.69, 9.17) is 4.74 Å². The molecule has 0 bridgehead atoms. The molecule has 5 nitrogen and oxygen atoms in total. The lowest BCUT2D eigenvalue weighted by Gasteiger charge is -2.23. The molecule has 0 aliphatic carbocycles. The number of aryl methyl sites for hydroxylation is 1. The van der Waals surface area contributed by atoms with E-state index in [1.165, 1.54) is 19.1 Å². The van der Waals surface area contributed by atoms with E-state index in [2.05, 4.69) is 0 Å². The van der Waals surface area contributed by atoms with Gasteiger partial charge in [0.1, 0.15) is 6.10 Å². The van der Waals surface area contributed by atoms with Crippen LogP contribution in [0.5, 0.6) is 0 Å². The van der Waals surface area contributed by atoms with E-state index in [0.717, 1.165) is 29.8 Å². The van der Waals surface area contributed by atoms with Crippen molar-refractivity contribution < 1.29 is 31.1 Å². The second-order valence-corrected chi connectivity index (χ2v) is 8.02. The molecule has 1 fully saturated rings. The summed E-state index contributed by atoms with van der Waals surface area (Å²) >= 11 is 0. The fourth-order valence-corrected chi connectivity index (χ4v) is 4.24. The minimum Gasteiger partial charge on any atom is -0.340 e. The van der Waals surface area contributed by atoms with Gasteiger partial charge < -0.3 is 4.74 Å². The van der Waals surface area contributed by atoms with Crippen LogP contribution >= 0.6 is 0 Å². The second-order valence-electron chi connectivity index (χ2n) is 6.20. The molecule has 1 amide bonds. The Morgan fingerprint density at radius 1 is 1.00 bits per heavy atom. The molecule has 27 heavy (non-hydrogen) atoms. The van der Waals surface area contributed by atoms with E-state index in [1.54, 1.807) is 19.1 Å². The molecular weight excluding hydrogens is 383 g/mol. The lowest BCUT2D eigenvalue weighted by atomic mass is 10.1. The van der Waals surface area contributed by atoms with E-state index in [9.17, 15) is 26.4 Å². The predicted molar refractivity (Wildman–Crippen MR) is 89.9 cm³/mol. The van der Waals surface area contributed by atoms with Crippen molar-refractivity contribution in [3.63, 3.8) is 0 Å². The summed E-state index contributed by atoms with van der Waals surface area (Å²) in [5.74, 6) is -0.777. The number of benzene rings is 2. The van der Waals surface area contributed by atoms with E-state index in [1.807, 2.05) is 0 Å². The Bertz CT molecular complexity index is 954. The zero-order valence-electron chi connectivity index (χ0n) is 14.4. The summed E-state index contributed by atoms with van der Waals surface area (Å²) in [4.78, 5) is 12.3. The normalized spacial score (nSPS) is 20.9. The van der Waals surface area contributed by atoms with Crippen molar-refractivity contribution in [3.05, 3.63) is 65.2 Å². The quantitative estimate of drug-likeness (QED) is 0.791. The van der Waals surface area contributed by atoms with Gasteiger partial charge in [0, 0.05) is 5.56 Å². The first-order chi connectivity index (χ1) is 12.5. The van der Waals surface area contributed by atoms with Crippen LogP contribution in [-0.4, -0.2) is 24.7 Å². The Labute approximate surface area is 154 Å². The van der Waals surface area contributed by atoms with E-state index < -0.39 is 40.0 Å². The highest BCUT2D eigenvalue weighted by molar-refractivity contribution is 7.89. The number of ether oxygens (including phenoxy) is 1. The molecule has 3 rings (SSSR count). The molecule has 144 valence electrons. The molecule has 1 aliphatic rings. The van der Waals surface area contributed by atoms with Gasteiger partial charge in [-0.2, -0.15) is 13.2 Å². The highest BCUT2D eigenvalue weighted by Crippen LogP contribution is 2.37. The third kappa shape index (κ3) is 3.57. The summed E-state index contributed by atoms with van der Waals surface area (Å²) in [7, 11) is -4.24. The Kier molecular flexibility index (Phi) is 4.77. The largest absolute Gasteiger partial charge is 0.416 e. The SMILES string of the molecule is Cc1ccc(S(=O)(=O)N2C(=O)[C@@H](C)O[C@@H]2c2ccc(C(F)(F)F)cc2)cc1. The number of sulfonamides is 1. The maximum atomic E-state index is 13.0. The Morgan fingerprint density at radius 2 is 1.56 bits per heavy atom. The fraction of sp³-hybridized carbons (Fsp3) is 0.278. The van der Waals surface area contributed by atoms with E-state index >= 15 is 0 Å². The van der Waals surface area contributed by atoms with Gasteiger partial charge in [0.05, 0.1) is 10.5 Å². The Morgan fingerprint density at radius 3 is 2.07 bits per heavy atom. The number of amides is 1. The average Bonchev–Trinajstić information content (AvgIpc) is 2.90. The number of carbonyl (C=O) groups is 1. The highest BCUT2D eigenvalue weighted by atomic mass is 32.2. The zero-order chi connectivity index (χ0) is 20.0. The van der Waals surface area contributed by atoms with Crippen LogP contribution in [0.1, 0.15) is 29.8 Å². The van der Waals surface area contributed by atoms with Crippen LogP contribution < -0.4 is 0 Å². The van der Waals surface area contributed by atoms with E-state index in [0.29, 0.717) is 4.31 Å². The Balaban J connectivity index is 2.02. The van der Waals surface area contributed by atoms with Gasteiger partial charge in [-0.15, -0.1) is 0 Å². The molecule has 9 heteroatoms. The second kappa shape index (κ2) is 6.65. The predicted octanol–water partition coefficient (Wildman–Crippen LogP) is 3.65. The van der Waals surface area contributed by atoms with Gasteiger partial charge in [0.25, 0.3) is 15.9 Å². The molecule has 0 N–H and O–H groups in total. The van der Waals surface area contributed by atoms with E-state index in [-0.39, 0.29) is 10.5 Å². The number of alkyl halides is 3. The summed E-state index contributed by atoms with van der Waals surface area (Å²) in [5.41, 5.74) is 0.0959. The number of nitrogens with zero attached hydrogens (tertiary/aromatic N) is 1. The van der Waals surface area contributed by atoms with Crippen LogP contribution in [0.2, 0.25) is 0 Å². The maximum absolute atomic E-state index is 13.0. The van der Waals surface area contributed by atoms with Crippen molar-refractivity contribution in [1.82, 2.24) is 4.31 Å². The molecule has 2 aromatic carbocycles. The van der Waals surface area contributed by atoms with Crippen molar-refractivity contribution in [2.24, 2.45) is 0 Å². The number of hydrogen-bond acceptors (Lipinski definition) is 4. The Hall–Kier alpha value is -2.39. The number of halogens is 3. The van der Waals surface area contributed by atoms with Gasteiger partial charge in [-0.05, 0) is 38.1 Å². The molecule has 2 atom stereocenters. The van der Waals surface area contributed by atoms with Crippen molar-refractivity contribution in [2.75, 3.05) is 0 Å². The lowest BCUT2D eigenvalue weighted by molar-refractivity contribution is -0.137. The number of rotatable bonds is 3. The van der Waals surface area contributed by atoms with Gasteiger partial charge in [-0.1, -0.05) is 29.8 Å². The fourth-order valence-electron chi connectivity index (χ4n) is 2.72. The van der Waals surface area contributed by atoms with Gasteiger partial charge in [0.15, 0.2) is 6.23 Å². The molecule has 1 saturated heterocycles. The standard InChI is InChI=1S/C18H16F3NO4S/c1-11-3-9-15(10-4-11)27(24,25)22-16(23)12(2)26-17(22)13-5-7-14(8-6-13)18(19,20)21/h3-10,12,17H,1-2H3/t12-,17-/m1/s1. The first-order valence-corrected chi connectivity index (χ1v) is 9.43.